The molecule has 2 rings (SSSR count). The van der Waals surface area contributed by atoms with E-state index in [0.29, 0.717) is 6.61 Å². The van der Waals surface area contributed by atoms with Gasteiger partial charge in [0.1, 0.15) is 12.4 Å². The first-order valence-electron chi connectivity index (χ1n) is 5.37. The lowest BCUT2D eigenvalue weighted by Gasteiger charge is -2.14. The van der Waals surface area contributed by atoms with E-state index < -0.39 is 0 Å². The number of hydrogen-bond donors (Lipinski definition) is 1. The second kappa shape index (κ2) is 5.67. The Hall–Kier alpha value is -0.840. The Morgan fingerprint density at radius 2 is 2.24 bits per heavy atom. The molecule has 90 valence electrons. The van der Waals surface area contributed by atoms with Crippen LogP contribution in [0.4, 0.5) is 0 Å². The van der Waals surface area contributed by atoms with Crippen LogP contribution in [-0.4, -0.2) is 0 Å². The molecule has 17 heavy (non-hydrogen) atoms. The second-order valence-corrected chi connectivity index (χ2v) is 5.79. The Labute approximate surface area is 114 Å². The molecule has 0 saturated carbocycles. The van der Waals surface area contributed by atoms with E-state index in [0.717, 1.165) is 15.8 Å². The van der Waals surface area contributed by atoms with Crippen LogP contribution in [0.15, 0.2) is 40.2 Å². The predicted octanol–water partition coefficient (Wildman–Crippen LogP) is 4.11. The number of nitrogens with two attached hydrogens (primary N) is 1. The number of benzene rings is 1. The van der Waals surface area contributed by atoms with Crippen molar-refractivity contribution in [2.75, 3.05) is 0 Å². The van der Waals surface area contributed by atoms with E-state index in [1.165, 1.54) is 4.88 Å². The minimum atomic E-state index is -0.0363. The van der Waals surface area contributed by atoms with Gasteiger partial charge in [-0.25, -0.2) is 0 Å². The fourth-order valence-corrected chi connectivity index (χ4v) is 2.55. The molecule has 1 heterocycles. The van der Waals surface area contributed by atoms with Gasteiger partial charge in [0.25, 0.3) is 0 Å². The van der Waals surface area contributed by atoms with Gasteiger partial charge in [0.2, 0.25) is 0 Å². The van der Waals surface area contributed by atoms with Crippen LogP contribution in [0.3, 0.4) is 0 Å². The molecule has 1 aromatic carbocycles. The summed E-state index contributed by atoms with van der Waals surface area (Å²) >= 11 is 5.14. The van der Waals surface area contributed by atoms with Crippen molar-refractivity contribution in [2.45, 2.75) is 19.6 Å². The largest absolute Gasteiger partial charge is 0.488 e. The van der Waals surface area contributed by atoms with Gasteiger partial charge >= 0.3 is 0 Å². The van der Waals surface area contributed by atoms with E-state index in [1.54, 1.807) is 11.3 Å². The number of hydrogen-bond acceptors (Lipinski definition) is 3. The summed E-state index contributed by atoms with van der Waals surface area (Å²) in [4.78, 5) is 1.21. The van der Waals surface area contributed by atoms with Crippen LogP contribution >= 0.6 is 27.3 Å². The van der Waals surface area contributed by atoms with Gasteiger partial charge < -0.3 is 10.5 Å². The summed E-state index contributed by atoms with van der Waals surface area (Å²) in [5, 5.41) is 2.05. The second-order valence-electron chi connectivity index (χ2n) is 3.84. The topological polar surface area (TPSA) is 35.2 Å². The van der Waals surface area contributed by atoms with Crippen LogP contribution < -0.4 is 10.5 Å². The lowest BCUT2D eigenvalue weighted by molar-refractivity contribution is 0.305. The summed E-state index contributed by atoms with van der Waals surface area (Å²) in [6.07, 6.45) is 0. The summed E-state index contributed by atoms with van der Waals surface area (Å²) in [6, 6.07) is 9.98. The lowest BCUT2D eigenvalue weighted by atomic mass is 10.1. The molecule has 0 saturated heterocycles. The number of halogens is 1. The van der Waals surface area contributed by atoms with E-state index in [9.17, 15) is 0 Å². The van der Waals surface area contributed by atoms with Crippen molar-refractivity contribution in [1.29, 1.82) is 0 Å². The van der Waals surface area contributed by atoms with Crippen LogP contribution in [0.2, 0.25) is 0 Å². The van der Waals surface area contributed by atoms with E-state index in [1.807, 2.05) is 36.6 Å². The molecule has 0 amide bonds. The van der Waals surface area contributed by atoms with E-state index in [4.69, 9.17) is 10.5 Å². The van der Waals surface area contributed by atoms with Crippen LogP contribution in [0.5, 0.6) is 5.75 Å². The van der Waals surface area contributed by atoms with Gasteiger partial charge in [-0.05, 0) is 36.6 Å². The predicted molar refractivity (Wildman–Crippen MR) is 75.4 cm³/mol. The van der Waals surface area contributed by atoms with Crippen LogP contribution in [0.25, 0.3) is 0 Å². The van der Waals surface area contributed by atoms with Crippen LogP contribution in [0.1, 0.15) is 23.4 Å². The van der Waals surface area contributed by atoms with Crippen molar-refractivity contribution in [3.8, 4) is 5.75 Å². The summed E-state index contributed by atoms with van der Waals surface area (Å²) in [5.74, 6) is 0.858. The van der Waals surface area contributed by atoms with Crippen LogP contribution in [0, 0.1) is 0 Å². The highest BCUT2D eigenvalue weighted by Crippen LogP contribution is 2.28. The monoisotopic (exact) mass is 311 g/mol. The quantitative estimate of drug-likeness (QED) is 0.922. The molecular weight excluding hydrogens is 298 g/mol. The molecule has 0 aliphatic carbocycles. The molecule has 1 atom stereocenters. The van der Waals surface area contributed by atoms with Crippen LogP contribution in [-0.2, 0) is 6.61 Å². The molecule has 2 N–H and O–H groups in total. The maximum absolute atomic E-state index is 5.93. The summed E-state index contributed by atoms with van der Waals surface area (Å²) in [6.45, 7) is 2.55. The minimum Gasteiger partial charge on any atom is -0.488 e. The van der Waals surface area contributed by atoms with Crippen molar-refractivity contribution < 1.29 is 4.74 Å². The highest BCUT2D eigenvalue weighted by Gasteiger charge is 2.09. The molecule has 4 heteroatoms. The number of rotatable bonds is 4. The van der Waals surface area contributed by atoms with Crippen molar-refractivity contribution in [3.05, 3.63) is 50.6 Å². The van der Waals surface area contributed by atoms with Gasteiger partial charge in [-0.2, -0.15) is 0 Å². The van der Waals surface area contributed by atoms with Crippen molar-refractivity contribution >= 4 is 27.3 Å². The third-order valence-corrected chi connectivity index (χ3v) is 3.76. The Morgan fingerprint density at radius 3 is 2.88 bits per heavy atom. The van der Waals surface area contributed by atoms with E-state index in [2.05, 4.69) is 22.0 Å². The molecule has 2 nitrogen and oxygen atoms in total. The van der Waals surface area contributed by atoms with Crippen molar-refractivity contribution in [1.82, 2.24) is 0 Å². The molecule has 0 bridgehead atoms. The zero-order valence-corrected chi connectivity index (χ0v) is 11.9. The molecule has 0 spiro atoms. The minimum absolute atomic E-state index is 0.0363. The Balaban J connectivity index is 2.14. The molecule has 0 radical (unpaired) electrons. The molecule has 0 aliphatic rings. The maximum atomic E-state index is 5.93. The Bertz CT molecular complexity index is 482. The van der Waals surface area contributed by atoms with E-state index in [-0.39, 0.29) is 6.04 Å². The standard InChI is InChI=1S/C13H14BrNOS/c1-9(15)12-7-10(14)4-5-13(12)16-8-11-3-2-6-17-11/h2-7,9H,8,15H2,1H3. The smallest absolute Gasteiger partial charge is 0.124 e. The molecule has 0 fully saturated rings. The van der Waals surface area contributed by atoms with Gasteiger partial charge in [-0.1, -0.05) is 22.0 Å². The average Bonchev–Trinajstić information content (AvgIpc) is 2.80. The van der Waals surface area contributed by atoms with Gasteiger partial charge in [0, 0.05) is 21.0 Å². The Morgan fingerprint density at radius 1 is 1.41 bits per heavy atom. The summed E-state index contributed by atoms with van der Waals surface area (Å²) < 4.78 is 6.83. The maximum Gasteiger partial charge on any atom is 0.124 e. The highest BCUT2D eigenvalue weighted by atomic mass is 79.9. The average molecular weight is 312 g/mol. The zero-order chi connectivity index (χ0) is 12.3. The van der Waals surface area contributed by atoms with Gasteiger partial charge in [0.05, 0.1) is 0 Å². The zero-order valence-electron chi connectivity index (χ0n) is 9.52. The molecule has 0 aliphatic heterocycles. The van der Waals surface area contributed by atoms with Crippen molar-refractivity contribution in [2.24, 2.45) is 5.73 Å². The van der Waals surface area contributed by atoms with Gasteiger partial charge in [0.15, 0.2) is 0 Å². The first-order valence-corrected chi connectivity index (χ1v) is 7.04. The third kappa shape index (κ3) is 3.31. The Kier molecular flexibility index (Phi) is 4.20. The fourth-order valence-electron chi connectivity index (χ4n) is 1.55. The van der Waals surface area contributed by atoms with Gasteiger partial charge in [-0.15, -0.1) is 11.3 Å². The molecule has 1 aromatic heterocycles. The first-order chi connectivity index (χ1) is 8.16. The third-order valence-electron chi connectivity index (χ3n) is 2.41. The number of thiophene rings is 1. The van der Waals surface area contributed by atoms with E-state index >= 15 is 0 Å². The van der Waals surface area contributed by atoms with Crippen molar-refractivity contribution in [3.63, 3.8) is 0 Å². The molecule has 2 aromatic rings. The molecule has 1 unspecified atom stereocenters. The SMILES string of the molecule is CC(N)c1cc(Br)ccc1OCc1cccs1. The first kappa shape index (κ1) is 12.6. The van der Waals surface area contributed by atoms with Gasteiger partial charge in [-0.3, -0.25) is 0 Å². The lowest BCUT2D eigenvalue weighted by Crippen LogP contribution is -2.08. The number of ether oxygens (including phenoxy) is 1. The molecular formula is C13H14BrNOS. The summed E-state index contributed by atoms with van der Waals surface area (Å²) in [7, 11) is 0. The normalized spacial score (nSPS) is 12.4. The highest BCUT2D eigenvalue weighted by molar-refractivity contribution is 9.10. The fraction of sp³-hybridized carbons (Fsp3) is 0.231. The summed E-state index contributed by atoms with van der Waals surface area (Å²) in [5.41, 5.74) is 6.96.